The minimum atomic E-state index is -0.990. The van der Waals surface area contributed by atoms with E-state index in [1.807, 2.05) is 25.1 Å². The number of carbonyl (C=O) groups excluding carboxylic acids is 2. The van der Waals surface area contributed by atoms with Crippen molar-refractivity contribution < 1.29 is 14.3 Å². The summed E-state index contributed by atoms with van der Waals surface area (Å²) in [5, 5.41) is 3.29. The summed E-state index contributed by atoms with van der Waals surface area (Å²) in [6.07, 6.45) is 3.80. The Balaban J connectivity index is 1.53. The third-order valence-corrected chi connectivity index (χ3v) is 7.82. The van der Waals surface area contributed by atoms with Crippen LogP contribution in [0.4, 0.5) is 9.93 Å². The molecule has 36 heavy (non-hydrogen) atoms. The first-order chi connectivity index (χ1) is 17.0. The molecule has 1 fully saturated rings. The van der Waals surface area contributed by atoms with Gasteiger partial charge in [0, 0.05) is 18.2 Å². The van der Waals surface area contributed by atoms with Crippen molar-refractivity contribution in [2.75, 3.05) is 19.0 Å². The number of carbonyl (C=O) groups is 2. The Kier molecular flexibility index (Phi) is 6.99. The summed E-state index contributed by atoms with van der Waals surface area (Å²) in [6, 6.07) is 9.48. The van der Waals surface area contributed by atoms with Crippen molar-refractivity contribution in [3.63, 3.8) is 0 Å². The van der Waals surface area contributed by atoms with E-state index in [1.165, 1.54) is 21.8 Å². The number of rotatable bonds is 7. The topological polar surface area (TPSA) is 123 Å². The summed E-state index contributed by atoms with van der Waals surface area (Å²) in [5.41, 5.74) is 6.95. The van der Waals surface area contributed by atoms with Crippen LogP contribution in [0, 0.1) is 6.92 Å². The molecule has 0 spiro atoms. The predicted octanol–water partition coefficient (Wildman–Crippen LogP) is 4.31. The summed E-state index contributed by atoms with van der Waals surface area (Å²) in [7, 11) is 1.65. The Morgan fingerprint density at radius 2 is 1.94 bits per heavy atom. The number of primary amides is 1. The van der Waals surface area contributed by atoms with E-state index in [-0.39, 0.29) is 11.4 Å². The number of amides is 3. The lowest BCUT2D eigenvalue weighted by molar-refractivity contribution is -0.126. The second-order valence-corrected chi connectivity index (χ2v) is 10.9. The molecule has 10 heteroatoms. The number of thiazole rings is 1. The van der Waals surface area contributed by atoms with Crippen molar-refractivity contribution in [3.8, 4) is 16.3 Å². The summed E-state index contributed by atoms with van der Waals surface area (Å²) >= 11 is 1.35. The molecule has 4 rings (SSSR count). The van der Waals surface area contributed by atoms with E-state index >= 15 is 0 Å². The molecule has 0 unspecified atom stereocenters. The second kappa shape index (κ2) is 9.85. The van der Waals surface area contributed by atoms with Gasteiger partial charge in [0.25, 0.3) is 0 Å². The molecule has 1 aromatic carbocycles. The van der Waals surface area contributed by atoms with Crippen molar-refractivity contribution >= 4 is 28.4 Å². The van der Waals surface area contributed by atoms with Gasteiger partial charge in [0.1, 0.15) is 17.1 Å². The Hall–Kier alpha value is -3.53. The molecule has 1 aliphatic heterocycles. The van der Waals surface area contributed by atoms with Crippen molar-refractivity contribution in [2.24, 2.45) is 5.73 Å². The van der Waals surface area contributed by atoms with E-state index in [2.05, 4.69) is 41.3 Å². The van der Waals surface area contributed by atoms with Crippen LogP contribution in [0.2, 0.25) is 0 Å². The number of hydrogen-bond acceptors (Lipinski definition) is 7. The highest BCUT2D eigenvalue weighted by atomic mass is 32.1. The van der Waals surface area contributed by atoms with Gasteiger partial charge in [-0.05, 0) is 56.9 Å². The number of aromatic nitrogens is 3. The molecular formula is C26H32N6O3S. The molecule has 3 heterocycles. The average molecular weight is 509 g/mol. The lowest BCUT2D eigenvalue weighted by Crippen LogP contribution is -2.55. The summed E-state index contributed by atoms with van der Waals surface area (Å²) in [6.45, 7) is 8.30. The van der Waals surface area contributed by atoms with Gasteiger partial charge in [-0.25, -0.2) is 19.7 Å². The first kappa shape index (κ1) is 25.6. The Morgan fingerprint density at radius 3 is 2.61 bits per heavy atom. The number of urea groups is 1. The molecule has 0 radical (unpaired) electrons. The summed E-state index contributed by atoms with van der Waals surface area (Å²) in [4.78, 5) is 41.2. The molecule has 3 amide bonds. The molecule has 1 aliphatic rings. The number of nitrogens with one attached hydrogen (secondary N) is 1. The molecule has 0 aliphatic carbocycles. The van der Waals surface area contributed by atoms with E-state index in [0.717, 1.165) is 40.7 Å². The molecule has 190 valence electrons. The second-order valence-electron chi connectivity index (χ2n) is 9.93. The van der Waals surface area contributed by atoms with Crippen LogP contribution in [-0.2, 0) is 16.6 Å². The van der Waals surface area contributed by atoms with Crippen LogP contribution in [0.3, 0.4) is 0 Å². The number of nitrogens with two attached hydrogens (primary N) is 1. The lowest BCUT2D eigenvalue weighted by atomic mass is 9.84. The summed E-state index contributed by atoms with van der Waals surface area (Å²) < 4.78 is 5.26. The highest BCUT2D eigenvalue weighted by Crippen LogP contribution is 2.35. The molecule has 1 atom stereocenters. The standard InChI is InChI=1S/C26H32N6O3S/c1-16-20(36-23(29-16)31-24(34)32-14-6-12-26(32,4)21(27)33)19-11-13-28-22(30-19)25(2,3)15-17-7-9-18(35-5)10-8-17/h7-11,13H,6,12,14-15H2,1-5H3,(H2,27,33)(H,29,31,34)/t26-/m0/s1. The third kappa shape index (κ3) is 5.04. The highest BCUT2D eigenvalue weighted by molar-refractivity contribution is 7.19. The number of aryl methyl sites for hydroxylation is 1. The van der Waals surface area contributed by atoms with Crippen molar-refractivity contribution in [3.05, 3.63) is 53.6 Å². The summed E-state index contributed by atoms with van der Waals surface area (Å²) in [5.74, 6) is 1.04. The van der Waals surface area contributed by atoms with Gasteiger partial charge in [0.05, 0.1) is 23.4 Å². The van der Waals surface area contributed by atoms with Crippen LogP contribution in [0.5, 0.6) is 5.75 Å². The number of hydrogen-bond donors (Lipinski definition) is 2. The van der Waals surface area contributed by atoms with Gasteiger partial charge in [-0.15, -0.1) is 0 Å². The van der Waals surface area contributed by atoms with Crippen LogP contribution < -0.4 is 15.8 Å². The van der Waals surface area contributed by atoms with Gasteiger partial charge < -0.3 is 15.4 Å². The largest absolute Gasteiger partial charge is 0.497 e. The molecule has 3 N–H and O–H groups in total. The van der Waals surface area contributed by atoms with Crippen LogP contribution >= 0.6 is 11.3 Å². The van der Waals surface area contributed by atoms with Crippen LogP contribution in [-0.4, -0.2) is 51.0 Å². The number of ether oxygens (including phenoxy) is 1. The monoisotopic (exact) mass is 508 g/mol. The molecule has 0 bridgehead atoms. The minimum absolute atomic E-state index is 0.310. The van der Waals surface area contributed by atoms with E-state index in [1.54, 1.807) is 20.2 Å². The average Bonchev–Trinajstić information content (AvgIpc) is 3.42. The molecule has 0 saturated carbocycles. The van der Waals surface area contributed by atoms with E-state index in [9.17, 15) is 9.59 Å². The van der Waals surface area contributed by atoms with Gasteiger partial charge in [0.15, 0.2) is 5.13 Å². The van der Waals surface area contributed by atoms with Crippen LogP contribution in [0.15, 0.2) is 36.5 Å². The van der Waals surface area contributed by atoms with Crippen LogP contribution in [0.1, 0.15) is 50.7 Å². The van der Waals surface area contributed by atoms with Crippen molar-refractivity contribution in [2.45, 2.75) is 57.9 Å². The number of nitrogens with zero attached hydrogens (tertiary/aromatic N) is 4. The first-order valence-electron chi connectivity index (χ1n) is 11.9. The maximum atomic E-state index is 12.9. The maximum Gasteiger partial charge on any atom is 0.324 e. The van der Waals surface area contributed by atoms with Gasteiger partial charge in [0.2, 0.25) is 5.91 Å². The third-order valence-electron chi connectivity index (χ3n) is 6.73. The lowest BCUT2D eigenvalue weighted by Gasteiger charge is -2.31. The first-order valence-corrected chi connectivity index (χ1v) is 12.7. The minimum Gasteiger partial charge on any atom is -0.497 e. The zero-order valence-electron chi connectivity index (χ0n) is 21.3. The van der Waals surface area contributed by atoms with Gasteiger partial charge >= 0.3 is 6.03 Å². The zero-order valence-corrected chi connectivity index (χ0v) is 22.1. The van der Waals surface area contributed by atoms with Crippen LogP contribution in [0.25, 0.3) is 10.6 Å². The smallest absolute Gasteiger partial charge is 0.324 e. The van der Waals surface area contributed by atoms with E-state index < -0.39 is 11.4 Å². The Morgan fingerprint density at radius 1 is 1.22 bits per heavy atom. The maximum absolute atomic E-state index is 12.9. The van der Waals surface area contributed by atoms with E-state index in [0.29, 0.717) is 18.1 Å². The SMILES string of the molecule is COc1ccc(CC(C)(C)c2nccc(-c3sc(NC(=O)N4CCC[C@@]4(C)C(N)=O)nc3C)n2)cc1. The normalized spacial score (nSPS) is 17.8. The number of methoxy groups -OCH3 is 1. The van der Waals surface area contributed by atoms with Crippen molar-refractivity contribution in [1.82, 2.24) is 19.9 Å². The zero-order chi connectivity index (χ0) is 26.1. The number of likely N-dealkylation sites (tertiary alicyclic amines) is 1. The molecule has 2 aromatic heterocycles. The van der Waals surface area contributed by atoms with Crippen molar-refractivity contribution in [1.29, 1.82) is 0 Å². The predicted molar refractivity (Wildman–Crippen MR) is 140 cm³/mol. The molecule has 3 aromatic rings. The fourth-order valence-corrected chi connectivity index (χ4v) is 5.46. The fourth-order valence-electron chi connectivity index (χ4n) is 4.54. The number of anilines is 1. The quantitative estimate of drug-likeness (QED) is 0.490. The molecule has 9 nitrogen and oxygen atoms in total. The van der Waals surface area contributed by atoms with Gasteiger partial charge in [-0.2, -0.15) is 0 Å². The van der Waals surface area contributed by atoms with Gasteiger partial charge in [-0.3, -0.25) is 10.1 Å². The Labute approximate surface area is 215 Å². The number of benzene rings is 1. The molecule has 1 saturated heterocycles. The van der Waals surface area contributed by atoms with Gasteiger partial charge in [-0.1, -0.05) is 37.3 Å². The van der Waals surface area contributed by atoms with E-state index in [4.69, 9.17) is 15.5 Å². The Bertz CT molecular complexity index is 1270. The highest BCUT2D eigenvalue weighted by Gasteiger charge is 2.44. The fraction of sp³-hybridized carbons (Fsp3) is 0.423. The molecular weight excluding hydrogens is 476 g/mol.